The fourth-order valence-corrected chi connectivity index (χ4v) is 3.59. The third-order valence-corrected chi connectivity index (χ3v) is 4.74. The van der Waals surface area contributed by atoms with Crippen molar-refractivity contribution in [3.8, 4) is 11.8 Å². The Hall–Kier alpha value is -1.62. The molecule has 1 aliphatic heterocycles. The number of aliphatic hydroxyl groups is 1. The molecule has 0 amide bonds. The van der Waals surface area contributed by atoms with Crippen molar-refractivity contribution in [2.45, 2.75) is 19.8 Å². The van der Waals surface area contributed by atoms with Gasteiger partial charge >= 0.3 is 10.2 Å². The first kappa shape index (κ1) is 15.8. The molecule has 0 radical (unpaired) electrons. The predicted molar refractivity (Wildman–Crippen MR) is 80.7 cm³/mol. The molecule has 114 valence electrons. The normalized spacial score (nSPS) is 19.6. The smallest absolute Gasteiger partial charge is 0.302 e. The van der Waals surface area contributed by atoms with Gasteiger partial charge in [0.25, 0.3) is 0 Å². The minimum atomic E-state index is -3.58. The van der Waals surface area contributed by atoms with E-state index in [0.29, 0.717) is 24.6 Å². The molecule has 21 heavy (non-hydrogen) atoms. The van der Waals surface area contributed by atoms with Crippen molar-refractivity contribution < 1.29 is 13.5 Å². The van der Waals surface area contributed by atoms with E-state index in [2.05, 4.69) is 21.5 Å². The Morgan fingerprint density at radius 2 is 2.38 bits per heavy atom. The van der Waals surface area contributed by atoms with Gasteiger partial charge in [-0.3, -0.25) is 4.72 Å². The third-order valence-electron chi connectivity index (χ3n) is 3.26. The van der Waals surface area contributed by atoms with Crippen LogP contribution in [0.1, 0.15) is 25.3 Å². The van der Waals surface area contributed by atoms with Crippen LogP contribution in [0.2, 0.25) is 0 Å². The minimum absolute atomic E-state index is 0.234. The fraction of sp³-hybridized carbons (Fsp3) is 0.500. The molecule has 1 saturated heterocycles. The number of hydrogen-bond acceptors (Lipinski definition) is 4. The molecule has 1 atom stereocenters. The summed E-state index contributed by atoms with van der Waals surface area (Å²) < 4.78 is 28.6. The second-order valence-corrected chi connectivity index (χ2v) is 6.77. The number of aromatic nitrogens is 1. The molecule has 2 N–H and O–H groups in total. The second-order valence-electron chi connectivity index (χ2n) is 5.10. The number of aliphatic hydroxyl groups excluding tert-OH is 1. The van der Waals surface area contributed by atoms with Crippen LogP contribution in [0.25, 0.3) is 0 Å². The van der Waals surface area contributed by atoms with Crippen LogP contribution in [-0.4, -0.2) is 42.5 Å². The number of hydrogen-bond donors (Lipinski definition) is 2. The number of nitrogens with zero attached hydrogens (tertiary/aromatic N) is 2. The summed E-state index contributed by atoms with van der Waals surface area (Å²) in [6.45, 7) is 2.86. The topological polar surface area (TPSA) is 82.5 Å². The zero-order chi connectivity index (χ0) is 15.3. The Bertz CT molecular complexity index is 649. The van der Waals surface area contributed by atoms with Gasteiger partial charge in [-0.25, -0.2) is 4.98 Å². The van der Waals surface area contributed by atoms with E-state index in [4.69, 9.17) is 5.11 Å². The van der Waals surface area contributed by atoms with Gasteiger partial charge in [-0.05, 0) is 30.9 Å². The summed E-state index contributed by atoms with van der Waals surface area (Å²) >= 11 is 0. The molecule has 0 bridgehead atoms. The van der Waals surface area contributed by atoms with Gasteiger partial charge in [0, 0.05) is 24.8 Å². The lowest BCUT2D eigenvalue weighted by Crippen LogP contribution is -2.42. The van der Waals surface area contributed by atoms with E-state index in [0.717, 1.165) is 12.8 Å². The van der Waals surface area contributed by atoms with E-state index in [9.17, 15) is 8.42 Å². The van der Waals surface area contributed by atoms with Crippen LogP contribution in [-0.2, 0) is 10.2 Å². The van der Waals surface area contributed by atoms with Crippen LogP contribution in [0.15, 0.2) is 18.3 Å². The Morgan fingerprint density at radius 3 is 3.10 bits per heavy atom. The summed E-state index contributed by atoms with van der Waals surface area (Å²) in [7, 11) is -3.58. The van der Waals surface area contributed by atoms with Crippen LogP contribution >= 0.6 is 0 Å². The van der Waals surface area contributed by atoms with Crippen molar-refractivity contribution in [1.82, 2.24) is 9.29 Å². The molecule has 1 aromatic heterocycles. The molecular formula is C14H19N3O3S. The van der Waals surface area contributed by atoms with Gasteiger partial charge in [-0.15, -0.1) is 0 Å². The standard InChI is InChI=1S/C14H19N3O3S/c1-12-4-2-8-17(11-12)21(19,20)16-14-10-13(5-3-9-18)6-7-15-14/h6-7,10,12,18H,2,4,8-9,11H2,1H3,(H,15,16). The first-order valence-corrected chi connectivity index (χ1v) is 8.29. The summed E-state index contributed by atoms with van der Waals surface area (Å²) in [6, 6.07) is 3.21. The lowest BCUT2D eigenvalue weighted by molar-refractivity contribution is 0.282. The van der Waals surface area contributed by atoms with Gasteiger partial charge in [0.15, 0.2) is 0 Å². The maximum atomic E-state index is 12.3. The summed E-state index contributed by atoms with van der Waals surface area (Å²) in [5, 5.41) is 8.67. The molecule has 2 rings (SSSR count). The van der Waals surface area contributed by atoms with Crippen LogP contribution < -0.4 is 4.72 Å². The predicted octanol–water partition coefficient (Wildman–Crippen LogP) is 0.814. The van der Waals surface area contributed by atoms with E-state index in [1.807, 2.05) is 6.92 Å². The van der Waals surface area contributed by atoms with Gasteiger partial charge in [-0.1, -0.05) is 18.8 Å². The van der Waals surface area contributed by atoms with Crippen molar-refractivity contribution in [2.24, 2.45) is 5.92 Å². The molecule has 0 saturated carbocycles. The van der Waals surface area contributed by atoms with E-state index >= 15 is 0 Å². The monoisotopic (exact) mass is 309 g/mol. The van der Waals surface area contributed by atoms with Gasteiger partial charge < -0.3 is 5.11 Å². The molecular weight excluding hydrogens is 290 g/mol. The van der Waals surface area contributed by atoms with E-state index in [1.54, 1.807) is 12.1 Å². The molecule has 0 aliphatic carbocycles. The van der Waals surface area contributed by atoms with Crippen LogP contribution in [0.4, 0.5) is 5.82 Å². The summed E-state index contributed by atoms with van der Waals surface area (Å²) in [5.74, 6) is 5.83. The lowest BCUT2D eigenvalue weighted by Gasteiger charge is -2.29. The summed E-state index contributed by atoms with van der Waals surface area (Å²) in [6.07, 6.45) is 3.41. The Kier molecular flexibility index (Phi) is 5.17. The first-order chi connectivity index (χ1) is 10.0. The third kappa shape index (κ3) is 4.43. The number of pyridine rings is 1. The largest absolute Gasteiger partial charge is 0.384 e. The SMILES string of the molecule is CC1CCCN(S(=O)(=O)Nc2cc(C#CCO)ccn2)C1. The van der Waals surface area contributed by atoms with Gasteiger partial charge in [0.1, 0.15) is 12.4 Å². The molecule has 2 heterocycles. The Labute approximate surface area is 125 Å². The maximum absolute atomic E-state index is 12.3. The highest BCUT2D eigenvalue weighted by atomic mass is 32.2. The number of piperidine rings is 1. The van der Waals surface area contributed by atoms with E-state index < -0.39 is 10.2 Å². The molecule has 0 aromatic carbocycles. The average Bonchev–Trinajstić information content (AvgIpc) is 2.45. The zero-order valence-electron chi connectivity index (χ0n) is 11.9. The van der Waals surface area contributed by atoms with Crippen molar-refractivity contribution in [3.63, 3.8) is 0 Å². The van der Waals surface area contributed by atoms with Crippen LogP contribution in [0.5, 0.6) is 0 Å². The van der Waals surface area contributed by atoms with E-state index in [-0.39, 0.29) is 12.4 Å². The molecule has 0 spiro atoms. The van der Waals surface area contributed by atoms with Gasteiger partial charge in [0.05, 0.1) is 0 Å². The van der Waals surface area contributed by atoms with Gasteiger partial charge in [0.2, 0.25) is 0 Å². The Balaban J connectivity index is 2.13. The van der Waals surface area contributed by atoms with Crippen LogP contribution in [0, 0.1) is 17.8 Å². The minimum Gasteiger partial charge on any atom is -0.384 e. The van der Waals surface area contributed by atoms with Gasteiger partial charge in [-0.2, -0.15) is 12.7 Å². The number of nitrogens with one attached hydrogen (secondary N) is 1. The molecule has 1 unspecified atom stereocenters. The highest BCUT2D eigenvalue weighted by Gasteiger charge is 2.27. The van der Waals surface area contributed by atoms with Crippen molar-refractivity contribution in [2.75, 3.05) is 24.4 Å². The van der Waals surface area contributed by atoms with E-state index in [1.165, 1.54) is 10.5 Å². The maximum Gasteiger partial charge on any atom is 0.302 e. The summed E-state index contributed by atoms with van der Waals surface area (Å²) in [4.78, 5) is 4.00. The van der Waals surface area contributed by atoms with Crippen molar-refractivity contribution >= 4 is 16.0 Å². The zero-order valence-corrected chi connectivity index (χ0v) is 12.7. The van der Waals surface area contributed by atoms with Crippen molar-refractivity contribution in [1.29, 1.82) is 0 Å². The highest BCUT2D eigenvalue weighted by Crippen LogP contribution is 2.19. The lowest BCUT2D eigenvalue weighted by atomic mass is 10.0. The Morgan fingerprint density at radius 1 is 1.57 bits per heavy atom. The van der Waals surface area contributed by atoms with Crippen molar-refractivity contribution in [3.05, 3.63) is 23.9 Å². The summed E-state index contributed by atoms with van der Waals surface area (Å²) in [5.41, 5.74) is 0.601. The average molecular weight is 309 g/mol. The molecule has 1 aromatic rings. The quantitative estimate of drug-likeness (QED) is 0.810. The molecule has 7 heteroatoms. The molecule has 1 fully saturated rings. The fourth-order valence-electron chi connectivity index (χ4n) is 2.27. The first-order valence-electron chi connectivity index (χ1n) is 6.85. The second kappa shape index (κ2) is 6.89. The molecule has 1 aliphatic rings. The number of anilines is 1. The highest BCUT2D eigenvalue weighted by molar-refractivity contribution is 7.90. The molecule has 6 nitrogen and oxygen atoms in total. The number of rotatable bonds is 3. The van der Waals surface area contributed by atoms with Crippen LogP contribution in [0.3, 0.4) is 0 Å².